The third-order valence-corrected chi connectivity index (χ3v) is 3.26. The molecule has 1 saturated heterocycles. The number of likely N-dealkylation sites (tertiary alicyclic amines) is 1. The Balaban J connectivity index is 1.75. The summed E-state index contributed by atoms with van der Waals surface area (Å²) in [5, 5.41) is 11.4. The van der Waals surface area contributed by atoms with Crippen LogP contribution in [0.2, 0.25) is 0 Å². The van der Waals surface area contributed by atoms with E-state index < -0.39 is 0 Å². The maximum absolute atomic E-state index is 11.8. The highest BCUT2D eigenvalue weighted by atomic mass is 16.5. The summed E-state index contributed by atoms with van der Waals surface area (Å²) in [6, 6.07) is 8.68. The van der Waals surface area contributed by atoms with E-state index in [9.17, 15) is 9.59 Å². The fraction of sp³-hybridized carbons (Fsp3) is 0.400. The van der Waals surface area contributed by atoms with Gasteiger partial charge in [0.25, 0.3) is 5.91 Å². The van der Waals surface area contributed by atoms with Gasteiger partial charge in [-0.2, -0.15) is 5.26 Å². The molecule has 2 amide bonds. The van der Waals surface area contributed by atoms with Crippen molar-refractivity contribution >= 4 is 11.8 Å². The number of nitriles is 1. The molecule has 1 heterocycles. The number of nitrogens with zero attached hydrogens (tertiary/aromatic N) is 2. The molecule has 0 unspecified atom stereocenters. The van der Waals surface area contributed by atoms with Crippen LogP contribution in [0.25, 0.3) is 0 Å². The van der Waals surface area contributed by atoms with Gasteiger partial charge in [0.15, 0.2) is 6.61 Å². The maximum atomic E-state index is 11.8. The molecule has 1 aliphatic heterocycles. The van der Waals surface area contributed by atoms with E-state index in [1.807, 2.05) is 6.07 Å². The minimum Gasteiger partial charge on any atom is -0.482 e. The van der Waals surface area contributed by atoms with Crippen LogP contribution < -0.4 is 10.1 Å². The lowest BCUT2D eigenvalue weighted by Crippen LogP contribution is -2.40. The third-order valence-electron chi connectivity index (χ3n) is 3.26. The molecule has 21 heavy (non-hydrogen) atoms. The van der Waals surface area contributed by atoms with Crippen LogP contribution >= 0.6 is 0 Å². The summed E-state index contributed by atoms with van der Waals surface area (Å²) >= 11 is 0. The Kier molecular flexibility index (Phi) is 5.16. The first-order valence-corrected chi connectivity index (χ1v) is 6.87. The zero-order valence-electron chi connectivity index (χ0n) is 11.7. The predicted molar refractivity (Wildman–Crippen MR) is 75.5 cm³/mol. The van der Waals surface area contributed by atoms with E-state index >= 15 is 0 Å². The van der Waals surface area contributed by atoms with Crippen molar-refractivity contribution in [1.82, 2.24) is 10.2 Å². The predicted octanol–water partition coefficient (Wildman–Crippen LogP) is 0.676. The van der Waals surface area contributed by atoms with Gasteiger partial charge in [-0.05, 0) is 25.0 Å². The van der Waals surface area contributed by atoms with Crippen molar-refractivity contribution in [3.63, 3.8) is 0 Å². The summed E-state index contributed by atoms with van der Waals surface area (Å²) < 4.78 is 5.29. The van der Waals surface area contributed by atoms with E-state index in [-0.39, 0.29) is 25.0 Å². The number of benzene rings is 1. The largest absolute Gasteiger partial charge is 0.482 e. The SMILES string of the molecule is N#Cc1ccccc1OCC(=O)NCC(=O)N1CCCC1. The molecule has 1 aromatic carbocycles. The van der Waals surface area contributed by atoms with Crippen LogP contribution in [0, 0.1) is 11.3 Å². The second kappa shape index (κ2) is 7.29. The second-order valence-electron chi connectivity index (χ2n) is 4.76. The zero-order chi connectivity index (χ0) is 15.1. The number of nitrogens with one attached hydrogen (secondary N) is 1. The van der Waals surface area contributed by atoms with Gasteiger partial charge in [-0.3, -0.25) is 9.59 Å². The summed E-state index contributed by atoms with van der Waals surface area (Å²) in [5.74, 6) is -0.0883. The fourth-order valence-corrected chi connectivity index (χ4v) is 2.13. The second-order valence-corrected chi connectivity index (χ2v) is 4.76. The van der Waals surface area contributed by atoms with Gasteiger partial charge in [0.2, 0.25) is 5.91 Å². The molecule has 110 valence electrons. The third kappa shape index (κ3) is 4.21. The number of carbonyl (C=O) groups excluding carboxylic acids is 2. The molecule has 1 N–H and O–H groups in total. The number of ether oxygens (including phenoxy) is 1. The Morgan fingerprint density at radius 2 is 2.00 bits per heavy atom. The molecule has 0 bridgehead atoms. The molecule has 0 aliphatic carbocycles. The van der Waals surface area contributed by atoms with Gasteiger partial charge in [-0.1, -0.05) is 12.1 Å². The highest BCUT2D eigenvalue weighted by Crippen LogP contribution is 2.16. The van der Waals surface area contributed by atoms with Crippen molar-refractivity contribution in [2.45, 2.75) is 12.8 Å². The maximum Gasteiger partial charge on any atom is 0.258 e. The average molecular weight is 287 g/mol. The van der Waals surface area contributed by atoms with Gasteiger partial charge in [0, 0.05) is 13.1 Å². The van der Waals surface area contributed by atoms with Crippen LogP contribution in [0.4, 0.5) is 0 Å². The molecule has 0 spiro atoms. The van der Waals surface area contributed by atoms with E-state index in [1.165, 1.54) is 0 Å². The van der Waals surface area contributed by atoms with Gasteiger partial charge < -0.3 is 15.0 Å². The van der Waals surface area contributed by atoms with Crippen LogP contribution in [0.3, 0.4) is 0 Å². The number of para-hydroxylation sites is 1. The molecule has 0 atom stereocenters. The highest BCUT2D eigenvalue weighted by molar-refractivity contribution is 5.85. The molecule has 0 saturated carbocycles. The molecule has 0 radical (unpaired) electrons. The molecule has 6 nitrogen and oxygen atoms in total. The molecule has 2 rings (SSSR count). The van der Waals surface area contributed by atoms with Crippen molar-refractivity contribution < 1.29 is 14.3 Å². The molecule has 0 aromatic heterocycles. The van der Waals surface area contributed by atoms with Crippen LogP contribution in [-0.2, 0) is 9.59 Å². The Hall–Kier alpha value is -2.55. The van der Waals surface area contributed by atoms with Gasteiger partial charge >= 0.3 is 0 Å². The Morgan fingerprint density at radius 3 is 2.71 bits per heavy atom. The van der Waals surface area contributed by atoms with Gasteiger partial charge in [-0.25, -0.2) is 0 Å². The van der Waals surface area contributed by atoms with E-state index in [1.54, 1.807) is 29.2 Å². The smallest absolute Gasteiger partial charge is 0.258 e. The van der Waals surface area contributed by atoms with Crippen molar-refractivity contribution in [3.8, 4) is 11.8 Å². The first kappa shape index (κ1) is 14.9. The number of hydrogen-bond donors (Lipinski definition) is 1. The summed E-state index contributed by atoms with van der Waals surface area (Å²) in [5.41, 5.74) is 0.374. The first-order chi connectivity index (χ1) is 10.2. The Morgan fingerprint density at radius 1 is 1.29 bits per heavy atom. The molecular formula is C15H17N3O3. The summed E-state index contributed by atoms with van der Waals surface area (Å²) in [7, 11) is 0. The summed E-state index contributed by atoms with van der Waals surface area (Å²) in [4.78, 5) is 25.1. The van der Waals surface area contributed by atoms with Crippen LogP contribution in [0.1, 0.15) is 18.4 Å². The van der Waals surface area contributed by atoms with Crippen LogP contribution in [-0.4, -0.2) is 43.0 Å². The standard InChI is InChI=1S/C15H17N3O3/c16-9-12-5-1-2-6-13(12)21-11-14(19)17-10-15(20)18-7-3-4-8-18/h1-2,5-6H,3-4,7-8,10-11H2,(H,17,19). The van der Waals surface area contributed by atoms with Crippen molar-refractivity contribution in [2.24, 2.45) is 0 Å². The first-order valence-electron chi connectivity index (χ1n) is 6.87. The van der Waals surface area contributed by atoms with E-state index in [0.29, 0.717) is 11.3 Å². The zero-order valence-corrected chi connectivity index (χ0v) is 11.7. The van der Waals surface area contributed by atoms with E-state index in [0.717, 1.165) is 25.9 Å². The molecule has 1 aliphatic rings. The van der Waals surface area contributed by atoms with Crippen molar-refractivity contribution in [1.29, 1.82) is 5.26 Å². The topological polar surface area (TPSA) is 82.4 Å². The van der Waals surface area contributed by atoms with Crippen molar-refractivity contribution in [2.75, 3.05) is 26.2 Å². The molecular weight excluding hydrogens is 270 g/mol. The lowest BCUT2D eigenvalue weighted by molar-refractivity contribution is -0.132. The molecule has 1 aromatic rings. The quantitative estimate of drug-likeness (QED) is 0.863. The normalized spacial score (nSPS) is 13.6. The van der Waals surface area contributed by atoms with Crippen molar-refractivity contribution in [3.05, 3.63) is 29.8 Å². The number of rotatable bonds is 5. The number of hydrogen-bond acceptors (Lipinski definition) is 4. The molecule has 6 heteroatoms. The minimum absolute atomic E-state index is 0.0118. The summed E-state index contributed by atoms with van der Waals surface area (Å²) in [6.45, 7) is 1.30. The summed E-state index contributed by atoms with van der Waals surface area (Å²) in [6.07, 6.45) is 2.04. The number of amides is 2. The lowest BCUT2D eigenvalue weighted by Gasteiger charge is -2.15. The van der Waals surface area contributed by atoms with E-state index in [4.69, 9.17) is 10.00 Å². The number of carbonyl (C=O) groups is 2. The van der Waals surface area contributed by atoms with Gasteiger partial charge in [0.1, 0.15) is 11.8 Å². The molecule has 1 fully saturated rings. The van der Waals surface area contributed by atoms with Gasteiger partial charge in [0.05, 0.1) is 12.1 Å². The lowest BCUT2D eigenvalue weighted by atomic mass is 10.2. The monoisotopic (exact) mass is 287 g/mol. The Labute approximate surface area is 123 Å². The fourth-order valence-electron chi connectivity index (χ4n) is 2.13. The van der Waals surface area contributed by atoms with E-state index in [2.05, 4.69) is 5.32 Å². The van der Waals surface area contributed by atoms with Crippen LogP contribution in [0.5, 0.6) is 5.75 Å². The van der Waals surface area contributed by atoms with Crippen LogP contribution in [0.15, 0.2) is 24.3 Å². The average Bonchev–Trinajstić information content (AvgIpc) is 3.05. The minimum atomic E-state index is -0.379. The highest BCUT2D eigenvalue weighted by Gasteiger charge is 2.18. The van der Waals surface area contributed by atoms with Gasteiger partial charge in [-0.15, -0.1) is 0 Å². The Bertz CT molecular complexity index is 560.